The van der Waals surface area contributed by atoms with Gasteiger partial charge < -0.3 is 10.1 Å². The van der Waals surface area contributed by atoms with Crippen LogP contribution in [0.2, 0.25) is 0 Å². The molecule has 0 radical (unpaired) electrons. The number of ether oxygens (including phenoxy) is 1. The molecule has 2 N–H and O–H groups in total. The van der Waals surface area contributed by atoms with Gasteiger partial charge in [-0.3, -0.25) is 5.10 Å². The second kappa shape index (κ2) is 4.77. The van der Waals surface area contributed by atoms with Gasteiger partial charge in [0.2, 0.25) is 0 Å². The molecular weight excluding hydrogens is 190 g/mol. The Labute approximate surface area is 90.4 Å². The molecule has 1 aromatic heterocycles. The third-order valence-electron chi connectivity index (χ3n) is 3.03. The number of nitrogens with one attached hydrogen (secondary N) is 2. The highest BCUT2D eigenvalue weighted by atomic mass is 16.5. The van der Waals surface area contributed by atoms with Crippen LogP contribution in [0.15, 0.2) is 6.20 Å². The fraction of sp³-hybridized carbons (Fsp3) is 0.727. The number of aryl methyl sites for hydroxylation is 1. The molecule has 4 heteroatoms. The first-order valence-corrected chi connectivity index (χ1v) is 5.52. The SMILES string of the molecule is COCC(NCc1cn[nH]c1C)C1CC1. The minimum absolute atomic E-state index is 0.504. The van der Waals surface area contributed by atoms with Crippen molar-refractivity contribution in [3.05, 3.63) is 17.5 Å². The van der Waals surface area contributed by atoms with Crippen LogP contribution in [0.4, 0.5) is 0 Å². The van der Waals surface area contributed by atoms with Crippen LogP contribution < -0.4 is 5.32 Å². The molecule has 1 saturated carbocycles. The molecule has 0 aromatic carbocycles. The van der Waals surface area contributed by atoms with Crippen LogP contribution in [0.25, 0.3) is 0 Å². The Balaban J connectivity index is 1.82. The summed E-state index contributed by atoms with van der Waals surface area (Å²) < 4.78 is 5.22. The second-order valence-corrected chi connectivity index (χ2v) is 4.30. The van der Waals surface area contributed by atoms with Gasteiger partial charge in [0.25, 0.3) is 0 Å². The molecule has 1 aromatic rings. The Morgan fingerprint density at radius 3 is 3.00 bits per heavy atom. The lowest BCUT2D eigenvalue weighted by atomic mass is 10.2. The van der Waals surface area contributed by atoms with Gasteiger partial charge in [0.05, 0.1) is 12.8 Å². The van der Waals surface area contributed by atoms with Gasteiger partial charge in [-0.1, -0.05) is 0 Å². The van der Waals surface area contributed by atoms with Crippen molar-refractivity contribution in [1.29, 1.82) is 0 Å². The molecule has 1 heterocycles. The van der Waals surface area contributed by atoms with Gasteiger partial charge in [0.1, 0.15) is 0 Å². The third kappa shape index (κ3) is 2.79. The molecule has 4 nitrogen and oxygen atoms in total. The molecular formula is C11H19N3O. The lowest BCUT2D eigenvalue weighted by molar-refractivity contribution is 0.157. The normalized spacial score (nSPS) is 18.0. The maximum absolute atomic E-state index is 5.22. The van der Waals surface area contributed by atoms with Crippen molar-refractivity contribution in [3.8, 4) is 0 Å². The number of aromatic nitrogens is 2. The van der Waals surface area contributed by atoms with Crippen molar-refractivity contribution < 1.29 is 4.74 Å². The van der Waals surface area contributed by atoms with Crippen molar-refractivity contribution >= 4 is 0 Å². The van der Waals surface area contributed by atoms with E-state index in [1.54, 1.807) is 7.11 Å². The van der Waals surface area contributed by atoms with E-state index in [2.05, 4.69) is 15.5 Å². The van der Waals surface area contributed by atoms with Gasteiger partial charge in [-0.2, -0.15) is 5.10 Å². The smallest absolute Gasteiger partial charge is 0.0618 e. The summed E-state index contributed by atoms with van der Waals surface area (Å²) in [6.07, 6.45) is 4.57. The Bertz CT molecular complexity index is 307. The summed E-state index contributed by atoms with van der Waals surface area (Å²) in [5, 5.41) is 10.5. The highest BCUT2D eigenvalue weighted by Crippen LogP contribution is 2.32. The number of hydrogen-bond acceptors (Lipinski definition) is 3. The van der Waals surface area contributed by atoms with Crippen LogP contribution in [-0.2, 0) is 11.3 Å². The monoisotopic (exact) mass is 209 g/mol. The van der Waals surface area contributed by atoms with E-state index in [4.69, 9.17) is 4.74 Å². The van der Waals surface area contributed by atoms with E-state index < -0.39 is 0 Å². The number of H-pyrrole nitrogens is 1. The number of hydrogen-bond donors (Lipinski definition) is 2. The van der Waals surface area contributed by atoms with Gasteiger partial charge in [0.15, 0.2) is 0 Å². The first kappa shape index (κ1) is 10.6. The summed E-state index contributed by atoms with van der Waals surface area (Å²) in [6.45, 7) is 3.74. The van der Waals surface area contributed by atoms with Crippen LogP contribution >= 0.6 is 0 Å². The van der Waals surface area contributed by atoms with E-state index in [1.807, 2.05) is 13.1 Å². The minimum Gasteiger partial charge on any atom is -0.383 e. The molecule has 0 amide bonds. The van der Waals surface area contributed by atoms with Crippen LogP contribution in [0.5, 0.6) is 0 Å². The first-order chi connectivity index (χ1) is 7.31. The molecule has 15 heavy (non-hydrogen) atoms. The fourth-order valence-electron chi connectivity index (χ4n) is 1.83. The zero-order valence-electron chi connectivity index (χ0n) is 9.42. The summed E-state index contributed by atoms with van der Waals surface area (Å²) >= 11 is 0. The highest BCUT2D eigenvalue weighted by Gasteiger charge is 2.30. The lowest BCUT2D eigenvalue weighted by Gasteiger charge is -2.16. The molecule has 84 valence electrons. The van der Waals surface area contributed by atoms with E-state index in [0.717, 1.165) is 24.8 Å². The number of aromatic amines is 1. The molecule has 0 spiro atoms. The Hall–Kier alpha value is -0.870. The maximum atomic E-state index is 5.22. The van der Waals surface area contributed by atoms with Gasteiger partial charge in [-0.25, -0.2) is 0 Å². The van der Waals surface area contributed by atoms with E-state index >= 15 is 0 Å². The molecule has 2 rings (SSSR count). The van der Waals surface area contributed by atoms with Gasteiger partial charge in [-0.15, -0.1) is 0 Å². The standard InChI is InChI=1S/C11H19N3O/c1-8-10(6-13-14-8)5-12-11(7-15-2)9-3-4-9/h6,9,11-12H,3-5,7H2,1-2H3,(H,13,14). The summed E-state index contributed by atoms with van der Waals surface area (Å²) in [6, 6.07) is 0.504. The minimum atomic E-state index is 0.504. The van der Waals surface area contributed by atoms with Gasteiger partial charge in [-0.05, 0) is 25.7 Å². The summed E-state index contributed by atoms with van der Waals surface area (Å²) in [5.74, 6) is 0.817. The Morgan fingerprint density at radius 1 is 1.67 bits per heavy atom. The number of nitrogens with zero attached hydrogens (tertiary/aromatic N) is 1. The molecule has 1 aliphatic rings. The maximum Gasteiger partial charge on any atom is 0.0618 e. The number of rotatable bonds is 6. The second-order valence-electron chi connectivity index (χ2n) is 4.30. The van der Waals surface area contributed by atoms with E-state index in [1.165, 1.54) is 18.4 Å². The topological polar surface area (TPSA) is 49.9 Å². The molecule has 1 fully saturated rings. The van der Waals surface area contributed by atoms with Crippen molar-refractivity contribution in [2.24, 2.45) is 5.92 Å². The molecule has 1 unspecified atom stereocenters. The van der Waals surface area contributed by atoms with E-state index in [9.17, 15) is 0 Å². The average molecular weight is 209 g/mol. The number of methoxy groups -OCH3 is 1. The van der Waals surface area contributed by atoms with Crippen LogP contribution in [0.1, 0.15) is 24.1 Å². The molecule has 0 saturated heterocycles. The van der Waals surface area contributed by atoms with Crippen molar-refractivity contribution in [1.82, 2.24) is 15.5 Å². The van der Waals surface area contributed by atoms with Crippen molar-refractivity contribution in [3.63, 3.8) is 0 Å². The van der Waals surface area contributed by atoms with Crippen molar-refractivity contribution in [2.75, 3.05) is 13.7 Å². The average Bonchev–Trinajstić information content (AvgIpc) is 2.98. The van der Waals surface area contributed by atoms with E-state index in [0.29, 0.717) is 6.04 Å². The predicted molar refractivity (Wildman–Crippen MR) is 58.6 cm³/mol. The zero-order chi connectivity index (χ0) is 10.7. The lowest BCUT2D eigenvalue weighted by Crippen LogP contribution is -2.34. The van der Waals surface area contributed by atoms with Gasteiger partial charge in [0, 0.05) is 31.0 Å². The Kier molecular flexibility index (Phi) is 3.38. The van der Waals surface area contributed by atoms with E-state index in [-0.39, 0.29) is 0 Å². The third-order valence-corrected chi connectivity index (χ3v) is 3.03. The van der Waals surface area contributed by atoms with Crippen molar-refractivity contribution in [2.45, 2.75) is 32.4 Å². The first-order valence-electron chi connectivity index (χ1n) is 5.52. The highest BCUT2D eigenvalue weighted by molar-refractivity contribution is 5.14. The predicted octanol–water partition coefficient (Wildman–Crippen LogP) is 1.23. The summed E-state index contributed by atoms with van der Waals surface area (Å²) in [4.78, 5) is 0. The zero-order valence-corrected chi connectivity index (χ0v) is 9.42. The molecule has 1 aliphatic carbocycles. The fourth-order valence-corrected chi connectivity index (χ4v) is 1.83. The summed E-state index contributed by atoms with van der Waals surface area (Å²) in [5.41, 5.74) is 2.39. The van der Waals surface area contributed by atoms with Gasteiger partial charge >= 0.3 is 0 Å². The summed E-state index contributed by atoms with van der Waals surface area (Å²) in [7, 11) is 1.76. The Morgan fingerprint density at radius 2 is 2.47 bits per heavy atom. The molecule has 1 atom stereocenters. The molecule has 0 aliphatic heterocycles. The molecule has 0 bridgehead atoms. The van der Waals surface area contributed by atoms with Crippen LogP contribution in [-0.4, -0.2) is 30.0 Å². The quantitative estimate of drug-likeness (QED) is 0.741. The van der Waals surface area contributed by atoms with Crippen LogP contribution in [0, 0.1) is 12.8 Å². The van der Waals surface area contributed by atoms with Crippen LogP contribution in [0.3, 0.4) is 0 Å². The largest absolute Gasteiger partial charge is 0.383 e.